The first-order valence-electron chi connectivity index (χ1n) is 3.39. The van der Waals surface area contributed by atoms with Crippen molar-refractivity contribution in [1.29, 1.82) is 0 Å². The SMILES string of the molecule is Cc1cccc(C)c1[14C](=O)Cl. The number of halogens is 1. The fourth-order valence-corrected chi connectivity index (χ4v) is 1.42. The summed E-state index contributed by atoms with van der Waals surface area (Å²) in [5.74, 6) is 0. The Morgan fingerprint density at radius 3 is 2.00 bits per heavy atom. The zero-order chi connectivity index (χ0) is 8.43. The maximum absolute atomic E-state index is 10.9. The van der Waals surface area contributed by atoms with E-state index in [1.54, 1.807) is 0 Å². The lowest BCUT2D eigenvalue weighted by Gasteiger charge is -2.02. The molecule has 0 saturated carbocycles. The van der Waals surface area contributed by atoms with Crippen molar-refractivity contribution in [2.24, 2.45) is 0 Å². The van der Waals surface area contributed by atoms with Crippen LogP contribution in [0.4, 0.5) is 0 Å². The van der Waals surface area contributed by atoms with Crippen molar-refractivity contribution < 1.29 is 4.79 Å². The van der Waals surface area contributed by atoms with E-state index in [9.17, 15) is 4.79 Å². The van der Waals surface area contributed by atoms with E-state index in [-0.39, 0.29) is 5.24 Å². The van der Waals surface area contributed by atoms with E-state index in [0.717, 1.165) is 11.1 Å². The summed E-state index contributed by atoms with van der Waals surface area (Å²) in [6.07, 6.45) is 0. The van der Waals surface area contributed by atoms with E-state index < -0.39 is 0 Å². The van der Waals surface area contributed by atoms with Gasteiger partial charge in [-0.15, -0.1) is 0 Å². The number of rotatable bonds is 1. The normalized spacial score (nSPS) is 9.73. The molecule has 0 unspecified atom stereocenters. The molecule has 1 rings (SSSR count). The zero-order valence-electron chi connectivity index (χ0n) is 6.52. The van der Waals surface area contributed by atoms with E-state index in [1.807, 2.05) is 32.0 Å². The molecule has 2 heteroatoms. The first-order valence-corrected chi connectivity index (χ1v) is 3.77. The summed E-state index contributed by atoms with van der Waals surface area (Å²) in [4.78, 5) is 10.9. The molecule has 0 spiro atoms. The molecule has 0 saturated heterocycles. The Labute approximate surface area is 71.0 Å². The number of carbonyl (C=O) groups excluding carboxylic acids is 1. The minimum absolute atomic E-state index is 0.374. The van der Waals surface area contributed by atoms with Gasteiger partial charge in [-0.05, 0) is 36.6 Å². The van der Waals surface area contributed by atoms with Gasteiger partial charge in [-0.3, -0.25) is 4.79 Å². The molecular formula is C9H9ClO. The van der Waals surface area contributed by atoms with Crippen molar-refractivity contribution in [3.63, 3.8) is 0 Å². The van der Waals surface area contributed by atoms with Crippen LogP contribution in [0.1, 0.15) is 21.5 Å². The Hall–Kier alpha value is -0.820. The van der Waals surface area contributed by atoms with Gasteiger partial charge in [0.25, 0.3) is 5.24 Å². The van der Waals surface area contributed by atoms with Crippen LogP contribution in [0.5, 0.6) is 0 Å². The second-order valence-corrected chi connectivity index (χ2v) is 2.88. The summed E-state index contributed by atoms with van der Waals surface area (Å²) in [5.41, 5.74) is 2.50. The topological polar surface area (TPSA) is 17.1 Å². The minimum Gasteiger partial charge on any atom is -0.276 e. The van der Waals surface area contributed by atoms with Gasteiger partial charge in [0.2, 0.25) is 0 Å². The molecule has 0 heterocycles. The van der Waals surface area contributed by atoms with Crippen LogP contribution in [0.15, 0.2) is 18.2 Å². The molecule has 0 aliphatic carbocycles. The molecule has 0 aliphatic rings. The fraction of sp³-hybridized carbons (Fsp3) is 0.222. The van der Waals surface area contributed by atoms with Gasteiger partial charge in [-0.25, -0.2) is 0 Å². The van der Waals surface area contributed by atoms with Gasteiger partial charge in [0.15, 0.2) is 0 Å². The third-order valence-corrected chi connectivity index (χ3v) is 1.87. The van der Waals surface area contributed by atoms with Gasteiger partial charge in [-0.1, -0.05) is 18.2 Å². The second kappa shape index (κ2) is 3.05. The highest BCUT2D eigenvalue weighted by Gasteiger charge is 2.07. The standard InChI is InChI=1S/C9H9ClO/c1-6-4-3-5-7(2)8(6)9(10)11/h3-5H,1-2H3/i9+2. The summed E-state index contributed by atoms with van der Waals surface area (Å²) in [7, 11) is 0. The number of aryl methyl sites for hydroxylation is 2. The molecular weight excluding hydrogens is 162 g/mol. The average molecular weight is 171 g/mol. The Morgan fingerprint density at radius 2 is 1.73 bits per heavy atom. The molecule has 0 atom stereocenters. The highest BCUT2D eigenvalue weighted by molar-refractivity contribution is 6.68. The monoisotopic (exact) mass is 170 g/mol. The number of hydrogen-bond donors (Lipinski definition) is 0. The van der Waals surface area contributed by atoms with Crippen LogP contribution < -0.4 is 0 Å². The minimum atomic E-state index is -0.374. The molecule has 58 valence electrons. The van der Waals surface area contributed by atoms with Gasteiger partial charge in [0, 0.05) is 5.56 Å². The maximum Gasteiger partial charge on any atom is 0.252 e. The third kappa shape index (κ3) is 1.60. The molecule has 0 aromatic heterocycles. The molecule has 0 bridgehead atoms. The average Bonchev–Trinajstić information content (AvgIpc) is 1.85. The summed E-state index contributed by atoms with van der Waals surface area (Å²) in [6, 6.07) is 5.67. The van der Waals surface area contributed by atoms with E-state index in [2.05, 4.69) is 0 Å². The molecule has 0 amide bonds. The zero-order valence-corrected chi connectivity index (χ0v) is 7.27. The first kappa shape index (κ1) is 8.28. The molecule has 0 aliphatic heterocycles. The Balaban J connectivity index is 3.32. The van der Waals surface area contributed by atoms with Crippen molar-refractivity contribution in [2.45, 2.75) is 13.8 Å². The lowest BCUT2D eigenvalue weighted by Crippen LogP contribution is -1.96. The van der Waals surface area contributed by atoms with Gasteiger partial charge in [0.1, 0.15) is 0 Å². The van der Waals surface area contributed by atoms with E-state index in [1.165, 1.54) is 0 Å². The van der Waals surface area contributed by atoms with Crippen molar-refractivity contribution in [1.82, 2.24) is 0 Å². The summed E-state index contributed by atoms with van der Waals surface area (Å²) >= 11 is 5.37. The van der Waals surface area contributed by atoms with Crippen LogP contribution in [-0.4, -0.2) is 5.24 Å². The van der Waals surface area contributed by atoms with Crippen molar-refractivity contribution in [3.05, 3.63) is 34.9 Å². The molecule has 0 radical (unpaired) electrons. The van der Waals surface area contributed by atoms with Crippen LogP contribution in [0.2, 0.25) is 0 Å². The lowest BCUT2D eigenvalue weighted by molar-refractivity contribution is 0.108. The highest BCUT2D eigenvalue weighted by atomic mass is 35.5. The Bertz CT molecular complexity index is 271. The van der Waals surface area contributed by atoms with Crippen LogP contribution in [0.25, 0.3) is 0 Å². The summed E-state index contributed by atoms with van der Waals surface area (Å²) in [6.45, 7) is 3.76. The highest BCUT2D eigenvalue weighted by Crippen LogP contribution is 2.14. The van der Waals surface area contributed by atoms with E-state index in [4.69, 9.17) is 11.6 Å². The predicted octanol–water partition coefficient (Wildman–Crippen LogP) is 2.68. The molecule has 11 heavy (non-hydrogen) atoms. The van der Waals surface area contributed by atoms with E-state index in [0.29, 0.717) is 5.56 Å². The molecule has 0 fully saturated rings. The molecule has 1 nitrogen and oxygen atoms in total. The van der Waals surface area contributed by atoms with Crippen LogP contribution in [0, 0.1) is 13.8 Å². The Morgan fingerprint density at radius 1 is 1.27 bits per heavy atom. The van der Waals surface area contributed by atoms with Gasteiger partial charge < -0.3 is 0 Å². The Kier molecular flexibility index (Phi) is 2.30. The second-order valence-electron chi connectivity index (χ2n) is 2.54. The first-order chi connectivity index (χ1) is 5.13. The van der Waals surface area contributed by atoms with Gasteiger partial charge in [-0.2, -0.15) is 0 Å². The van der Waals surface area contributed by atoms with Crippen molar-refractivity contribution >= 4 is 16.8 Å². The van der Waals surface area contributed by atoms with Crippen molar-refractivity contribution in [3.8, 4) is 0 Å². The number of benzene rings is 1. The van der Waals surface area contributed by atoms with Crippen LogP contribution >= 0.6 is 11.6 Å². The third-order valence-electron chi connectivity index (χ3n) is 1.68. The van der Waals surface area contributed by atoms with E-state index >= 15 is 0 Å². The van der Waals surface area contributed by atoms with Crippen molar-refractivity contribution in [2.75, 3.05) is 0 Å². The van der Waals surface area contributed by atoms with Gasteiger partial charge >= 0.3 is 0 Å². The quantitative estimate of drug-likeness (QED) is 0.593. The van der Waals surface area contributed by atoms with Crippen LogP contribution in [-0.2, 0) is 0 Å². The summed E-state index contributed by atoms with van der Waals surface area (Å²) in [5, 5.41) is -0.374. The molecule has 0 N–H and O–H groups in total. The largest absolute Gasteiger partial charge is 0.276 e. The lowest BCUT2D eigenvalue weighted by atomic mass is 10.1. The molecule has 1 aromatic carbocycles. The number of hydrogen-bond acceptors (Lipinski definition) is 1. The van der Waals surface area contributed by atoms with Gasteiger partial charge in [0.05, 0.1) is 0 Å². The molecule has 1 aromatic rings. The smallest absolute Gasteiger partial charge is 0.252 e. The fourth-order valence-electron chi connectivity index (χ4n) is 1.12. The van der Waals surface area contributed by atoms with Crippen LogP contribution in [0.3, 0.4) is 0 Å². The number of carbonyl (C=O) groups is 1. The maximum atomic E-state index is 10.9. The predicted molar refractivity (Wildman–Crippen MR) is 46.1 cm³/mol. The summed E-state index contributed by atoms with van der Waals surface area (Å²) < 4.78 is 0.